The fourth-order valence-electron chi connectivity index (χ4n) is 5.00. The molecule has 176 valence electrons. The first-order valence-corrected chi connectivity index (χ1v) is 13.9. The molecule has 0 heterocycles. The Morgan fingerprint density at radius 1 is 0.543 bits per heavy atom. The summed E-state index contributed by atoms with van der Waals surface area (Å²) in [7, 11) is 0.460. The zero-order valence-corrected chi connectivity index (χ0v) is 21.7. The van der Waals surface area contributed by atoms with Crippen LogP contribution in [-0.2, 0) is 6.54 Å². The van der Waals surface area contributed by atoms with Gasteiger partial charge in [-0.05, 0) is 59.8 Å². The minimum absolute atomic E-state index is 0. The molecular formula is C32H31ClNP. The second-order valence-electron chi connectivity index (χ2n) is 8.92. The third-order valence-electron chi connectivity index (χ3n) is 6.73. The summed E-state index contributed by atoms with van der Waals surface area (Å²) in [5, 5.41) is 7.02. The highest BCUT2D eigenvalue weighted by molar-refractivity contribution is 7.95. The molecule has 0 radical (unpaired) electrons. The van der Waals surface area contributed by atoms with Crippen LogP contribution in [0.5, 0.6) is 0 Å². The summed E-state index contributed by atoms with van der Waals surface area (Å²) in [5.74, 6) is 0. The van der Waals surface area contributed by atoms with Gasteiger partial charge in [-0.15, -0.1) is 0 Å². The number of fused-ring (bicyclic) bond motifs is 1. The minimum atomic E-state index is -1.80. The predicted octanol–water partition coefficient (Wildman–Crippen LogP) is 3.27. The van der Waals surface area contributed by atoms with Crippen molar-refractivity contribution < 1.29 is 12.4 Å². The topological polar surface area (TPSA) is 3.24 Å². The van der Waals surface area contributed by atoms with E-state index in [1.165, 1.54) is 32.2 Å². The first-order valence-electron chi connectivity index (χ1n) is 12.0. The molecular weight excluding hydrogens is 465 g/mol. The second-order valence-corrected chi connectivity index (χ2v) is 12.5. The molecule has 5 rings (SSSR count). The monoisotopic (exact) mass is 495 g/mol. The Morgan fingerprint density at radius 3 is 1.54 bits per heavy atom. The summed E-state index contributed by atoms with van der Waals surface area (Å²) in [4.78, 5) is 2.49. The van der Waals surface area contributed by atoms with Gasteiger partial charge in [0.2, 0.25) is 0 Å². The average molecular weight is 496 g/mol. The molecule has 1 nitrogen and oxygen atoms in total. The molecule has 0 spiro atoms. The van der Waals surface area contributed by atoms with Crippen LogP contribution < -0.4 is 28.3 Å². The van der Waals surface area contributed by atoms with Crippen LogP contribution in [0.25, 0.3) is 10.8 Å². The smallest absolute Gasteiger partial charge is 0.113 e. The molecule has 35 heavy (non-hydrogen) atoms. The molecule has 0 aromatic heterocycles. The van der Waals surface area contributed by atoms with Crippen molar-refractivity contribution in [3.63, 3.8) is 0 Å². The second kappa shape index (κ2) is 11.6. The van der Waals surface area contributed by atoms with E-state index in [0.29, 0.717) is 0 Å². The fourth-order valence-corrected chi connectivity index (χ4v) is 9.36. The number of benzene rings is 5. The van der Waals surface area contributed by atoms with E-state index in [1.807, 2.05) is 0 Å². The van der Waals surface area contributed by atoms with E-state index in [9.17, 15) is 0 Å². The Morgan fingerprint density at radius 2 is 1.00 bits per heavy atom. The zero-order valence-electron chi connectivity index (χ0n) is 20.1. The normalized spacial score (nSPS) is 11.4. The van der Waals surface area contributed by atoms with Crippen LogP contribution in [0.15, 0.2) is 133 Å². The third-order valence-corrected chi connectivity index (χ3v) is 11.1. The van der Waals surface area contributed by atoms with Crippen molar-refractivity contribution in [3.05, 3.63) is 139 Å². The molecule has 5 aromatic rings. The summed E-state index contributed by atoms with van der Waals surface area (Å²) >= 11 is 0. The van der Waals surface area contributed by atoms with E-state index >= 15 is 0 Å². The maximum absolute atomic E-state index is 2.49. The lowest BCUT2D eigenvalue weighted by atomic mass is 10.0. The summed E-state index contributed by atoms with van der Waals surface area (Å²) in [5.41, 5.74) is 1.39. The van der Waals surface area contributed by atoms with Gasteiger partial charge in [-0.3, -0.25) is 4.90 Å². The van der Waals surface area contributed by atoms with Crippen LogP contribution in [0.3, 0.4) is 0 Å². The van der Waals surface area contributed by atoms with Gasteiger partial charge < -0.3 is 12.4 Å². The SMILES string of the molecule is CN(CC[P+](c1ccccc1)(c1ccccc1)c1ccccc1)Cc1cccc2ccccc12.[Cl-]. The summed E-state index contributed by atoms with van der Waals surface area (Å²) < 4.78 is 0. The number of nitrogens with zero attached hydrogens (tertiary/aromatic N) is 1. The molecule has 0 saturated heterocycles. The molecule has 0 aliphatic heterocycles. The van der Waals surface area contributed by atoms with E-state index < -0.39 is 7.26 Å². The van der Waals surface area contributed by atoms with Crippen LogP contribution in [0, 0.1) is 0 Å². The number of hydrogen-bond donors (Lipinski definition) is 0. The van der Waals surface area contributed by atoms with Gasteiger partial charge in [-0.1, -0.05) is 97.1 Å². The molecule has 0 saturated carbocycles. The molecule has 0 bridgehead atoms. The standard InChI is InChI=1S/C32H31NP.ClH/c1-33(26-28-16-13-15-27-14-11-12-23-32(27)28)24-25-34(29-17-5-2-6-18-29,30-19-7-3-8-20-30)31-21-9-4-10-22-31;/h2-23H,24-26H2,1H3;1H/q+1;/p-1. The lowest BCUT2D eigenvalue weighted by molar-refractivity contribution is -0.00000661. The number of rotatable bonds is 8. The van der Waals surface area contributed by atoms with Crippen LogP contribution >= 0.6 is 7.26 Å². The molecule has 0 unspecified atom stereocenters. The van der Waals surface area contributed by atoms with Gasteiger partial charge >= 0.3 is 0 Å². The lowest BCUT2D eigenvalue weighted by Crippen LogP contribution is -3.00. The van der Waals surface area contributed by atoms with E-state index in [-0.39, 0.29) is 12.4 Å². The minimum Gasteiger partial charge on any atom is -1.00 e. The van der Waals surface area contributed by atoms with Crippen molar-refractivity contribution in [2.24, 2.45) is 0 Å². The first-order chi connectivity index (χ1) is 16.8. The van der Waals surface area contributed by atoms with Crippen molar-refractivity contribution in [1.82, 2.24) is 4.90 Å². The van der Waals surface area contributed by atoms with Crippen molar-refractivity contribution in [2.75, 3.05) is 19.8 Å². The molecule has 0 amide bonds. The third kappa shape index (κ3) is 5.34. The average Bonchev–Trinajstić information content (AvgIpc) is 2.91. The Kier molecular flexibility index (Phi) is 8.37. The van der Waals surface area contributed by atoms with Gasteiger partial charge in [-0.2, -0.15) is 0 Å². The van der Waals surface area contributed by atoms with Gasteiger partial charge in [0.25, 0.3) is 0 Å². The fraction of sp³-hybridized carbons (Fsp3) is 0.125. The van der Waals surface area contributed by atoms with Gasteiger partial charge in [0.05, 0.1) is 6.16 Å². The largest absolute Gasteiger partial charge is 1.00 e. The first kappa shape index (κ1) is 25.1. The molecule has 0 fully saturated rings. The van der Waals surface area contributed by atoms with Gasteiger partial charge in [0.1, 0.15) is 23.2 Å². The van der Waals surface area contributed by atoms with Crippen LogP contribution in [0.4, 0.5) is 0 Å². The number of halogens is 1. The maximum Gasteiger partial charge on any atom is 0.113 e. The van der Waals surface area contributed by atoms with Crippen LogP contribution in [0.1, 0.15) is 5.56 Å². The summed E-state index contributed by atoms with van der Waals surface area (Å²) in [6, 6.07) is 48.9. The Bertz CT molecular complexity index is 1240. The Hall–Kier alpha value is -2.96. The zero-order chi connectivity index (χ0) is 23.2. The van der Waals surface area contributed by atoms with E-state index in [2.05, 4.69) is 145 Å². The van der Waals surface area contributed by atoms with Crippen LogP contribution in [0.2, 0.25) is 0 Å². The van der Waals surface area contributed by atoms with Crippen molar-refractivity contribution in [2.45, 2.75) is 6.54 Å². The molecule has 0 N–H and O–H groups in total. The van der Waals surface area contributed by atoms with Gasteiger partial charge in [0.15, 0.2) is 0 Å². The summed E-state index contributed by atoms with van der Waals surface area (Å²) in [6.07, 6.45) is 1.10. The highest BCUT2D eigenvalue weighted by Crippen LogP contribution is 2.55. The molecule has 0 aliphatic carbocycles. The molecule has 0 atom stereocenters. The highest BCUT2D eigenvalue weighted by Gasteiger charge is 2.44. The van der Waals surface area contributed by atoms with Crippen molar-refractivity contribution in [3.8, 4) is 0 Å². The highest BCUT2D eigenvalue weighted by atomic mass is 35.5. The lowest BCUT2D eigenvalue weighted by Gasteiger charge is -2.29. The Labute approximate surface area is 216 Å². The Balaban J connectivity index is 0.00000289. The van der Waals surface area contributed by atoms with E-state index in [4.69, 9.17) is 0 Å². The van der Waals surface area contributed by atoms with Crippen molar-refractivity contribution in [1.29, 1.82) is 0 Å². The van der Waals surface area contributed by atoms with Gasteiger partial charge in [0, 0.05) is 13.1 Å². The molecule has 5 aromatic carbocycles. The molecule has 3 heteroatoms. The van der Waals surface area contributed by atoms with Gasteiger partial charge in [-0.25, -0.2) is 0 Å². The molecule has 0 aliphatic rings. The predicted molar refractivity (Wildman–Crippen MR) is 150 cm³/mol. The van der Waals surface area contributed by atoms with Crippen LogP contribution in [-0.4, -0.2) is 24.7 Å². The van der Waals surface area contributed by atoms with Crippen molar-refractivity contribution >= 4 is 33.9 Å². The maximum atomic E-state index is 2.49. The summed E-state index contributed by atoms with van der Waals surface area (Å²) in [6.45, 7) is 1.97. The number of hydrogen-bond acceptors (Lipinski definition) is 1. The quantitative estimate of drug-likeness (QED) is 0.299. The van der Waals surface area contributed by atoms with E-state index in [0.717, 1.165) is 19.3 Å². The van der Waals surface area contributed by atoms with E-state index in [1.54, 1.807) is 0 Å².